The number of methoxy groups -OCH3 is 1. The highest BCUT2D eigenvalue weighted by atomic mass is 16.5. The molecule has 0 spiro atoms. The fraction of sp³-hybridized carbons (Fsp3) is 0.294. The van der Waals surface area contributed by atoms with Gasteiger partial charge in [-0.3, -0.25) is 0 Å². The summed E-state index contributed by atoms with van der Waals surface area (Å²) >= 11 is 0. The van der Waals surface area contributed by atoms with Gasteiger partial charge in [0.05, 0.1) is 7.11 Å². The Kier molecular flexibility index (Phi) is 5.02. The second-order valence-corrected chi connectivity index (χ2v) is 4.68. The molecule has 3 nitrogen and oxygen atoms in total. The fourth-order valence-corrected chi connectivity index (χ4v) is 1.97. The van der Waals surface area contributed by atoms with Crippen LogP contribution in [0.2, 0.25) is 0 Å². The van der Waals surface area contributed by atoms with Crippen molar-refractivity contribution in [2.24, 2.45) is 0 Å². The van der Waals surface area contributed by atoms with Crippen LogP contribution in [0.3, 0.4) is 0 Å². The summed E-state index contributed by atoms with van der Waals surface area (Å²) in [7, 11) is 1.66. The van der Waals surface area contributed by atoms with Gasteiger partial charge < -0.3 is 14.8 Å². The second-order valence-electron chi connectivity index (χ2n) is 4.68. The molecule has 0 aliphatic heterocycles. The Balaban J connectivity index is 2.17. The molecule has 0 saturated heterocycles. The van der Waals surface area contributed by atoms with Crippen molar-refractivity contribution in [1.29, 1.82) is 0 Å². The van der Waals surface area contributed by atoms with Crippen LogP contribution in [0.15, 0.2) is 42.5 Å². The molecule has 0 atom stereocenters. The molecular formula is C17H21NO2. The molecule has 0 amide bonds. The highest BCUT2D eigenvalue weighted by Crippen LogP contribution is 2.32. The van der Waals surface area contributed by atoms with Crippen LogP contribution >= 0.6 is 0 Å². The van der Waals surface area contributed by atoms with Gasteiger partial charge in [-0.05, 0) is 48.9 Å². The van der Waals surface area contributed by atoms with Gasteiger partial charge in [0, 0.05) is 6.54 Å². The number of aryl methyl sites for hydroxylation is 1. The lowest BCUT2D eigenvalue weighted by Gasteiger charge is -2.12. The highest BCUT2D eigenvalue weighted by molar-refractivity contribution is 5.45. The summed E-state index contributed by atoms with van der Waals surface area (Å²) in [4.78, 5) is 0. The zero-order valence-electron chi connectivity index (χ0n) is 12.3. The van der Waals surface area contributed by atoms with Crippen molar-refractivity contribution in [3.8, 4) is 17.2 Å². The normalized spacial score (nSPS) is 10.3. The van der Waals surface area contributed by atoms with Gasteiger partial charge in [0.2, 0.25) is 0 Å². The van der Waals surface area contributed by atoms with E-state index in [1.54, 1.807) is 7.11 Å². The first-order valence-electron chi connectivity index (χ1n) is 6.85. The summed E-state index contributed by atoms with van der Waals surface area (Å²) in [6.07, 6.45) is 0. The predicted molar refractivity (Wildman–Crippen MR) is 81.6 cm³/mol. The van der Waals surface area contributed by atoms with Gasteiger partial charge in [-0.2, -0.15) is 0 Å². The second kappa shape index (κ2) is 6.96. The Bertz CT molecular complexity index is 567. The number of ether oxygens (including phenoxy) is 2. The van der Waals surface area contributed by atoms with Crippen molar-refractivity contribution in [3.05, 3.63) is 53.6 Å². The van der Waals surface area contributed by atoms with Crippen LogP contribution in [0.1, 0.15) is 18.1 Å². The van der Waals surface area contributed by atoms with Gasteiger partial charge in [-0.25, -0.2) is 0 Å². The molecule has 3 heteroatoms. The molecule has 2 aromatic carbocycles. The van der Waals surface area contributed by atoms with Crippen molar-refractivity contribution >= 4 is 0 Å². The molecule has 2 rings (SSSR count). The first-order valence-corrected chi connectivity index (χ1v) is 6.85. The first-order chi connectivity index (χ1) is 9.72. The van der Waals surface area contributed by atoms with Crippen LogP contribution in [-0.2, 0) is 6.54 Å². The third kappa shape index (κ3) is 3.75. The lowest BCUT2D eigenvalue weighted by Crippen LogP contribution is -2.11. The number of hydrogen-bond acceptors (Lipinski definition) is 3. The molecule has 0 saturated carbocycles. The van der Waals surface area contributed by atoms with Gasteiger partial charge in [0.1, 0.15) is 5.75 Å². The van der Waals surface area contributed by atoms with Gasteiger partial charge in [-0.1, -0.05) is 25.1 Å². The SMILES string of the molecule is CCNCc1cccc(Oc2ccc(C)cc2OC)c1. The molecule has 20 heavy (non-hydrogen) atoms. The Hall–Kier alpha value is -2.00. The van der Waals surface area contributed by atoms with E-state index in [0.717, 1.165) is 35.9 Å². The lowest BCUT2D eigenvalue weighted by molar-refractivity contribution is 0.378. The smallest absolute Gasteiger partial charge is 0.169 e. The van der Waals surface area contributed by atoms with E-state index in [4.69, 9.17) is 9.47 Å². The minimum absolute atomic E-state index is 0.735. The molecule has 1 N–H and O–H groups in total. The average molecular weight is 271 g/mol. The Labute approximate surface area is 120 Å². The standard InChI is InChI=1S/C17H21NO2/c1-4-18-12-14-6-5-7-15(11-14)20-16-9-8-13(2)10-17(16)19-3/h5-11,18H,4,12H2,1-3H3. The monoisotopic (exact) mass is 271 g/mol. The average Bonchev–Trinajstić information content (AvgIpc) is 2.47. The van der Waals surface area contributed by atoms with E-state index in [9.17, 15) is 0 Å². The number of rotatable bonds is 6. The molecule has 0 bridgehead atoms. The number of hydrogen-bond donors (Lipinski definition) is 1. The minimum atomic E-state index is 0.735. The van der Waals surface area contributed by atoms with Crippen LogP contribution in [0.25, 0.3) is 0 Å². The largest absolute Gasteiger partial charge is 0.493 e. The molecule has 106 valence electrons. The summed E-state index contributed by atoms with van der Waals surface area (Å²) in [5, 5.41) is 3.31. The summed E-state index contributed by atoms with van der Waals surface area (Å²) < 4.78 is 11.3. The van der Waals surface area contributed by atoms with E-state index in [0.29, 0.717) is 0 Å². The van der Waals surface area contributed by atoms with Crippen LogP contribution in [0, 0.1) is 6.92 Å². The maximum atomic E-state index is 5.92. The summed E-state index contributed by atoms with van der Waals surface area (Å²) in [6, 6.07) is 14.0. The molecule has 0 fully saturated rings. The Morgan fingerprint density at radius 3 is 2.65 bits per heavy atom. The quantitative estimate of drug-likeness (QED) is 0.864. The Morgan fingerprint density at radius 1 is 1.05 bits per heavy atom. The summed E-state index contributed by atoms with van der Waals surface area (Å²) in [5.74, 6) is 2.31. The molecule has 2 aromatic rings. The van der Waals surface area contributed by atoms with Crippen molar-refractivity contribution in [2.45, 2.75) is 20.4 Å². The zero-order valence-corrected chi connectivity index (χ0v) is 12.3. The molecular weight excluding hydrogens is 250 g/mol. The van der Waals surface area contributed by atoms with Crippen molar-refractivity contribution in [2.75, 3.05) is 13.7 Å². The van der Waals surface area contributed by atoms with Crippen LogP contribution < -0.4 is 14.8 Å². The first kappa shape index (κ1) is 14.4. The molecule has 0 unspecified atom stereocenters. The van der Waals surface area contributed by atoms with Crippen molar-refractivity contribution in [1.82, 2.24) is 5.32 Å². The van der Waals surface area contributed by atoms with E-state index >= 15 is 0 Å². The number of benzene rings is 2. The van der Waals surface area contributed by atoms with Crippen LogP contribution in [0.4, 0.5) is 0 Å². The van der Waals surface area contributed by atoms with E-state index in [2.05, 4.69) is 18.3 Å². The molecule has 0 aliphatic carbocycles. The maximum Gasteiger partial charge on any atom is 0.169 e. The van der Waals surface area contributed by atoms with Crippen LogP contribution in [-0.4, -0.2) is 13.7 Å². The van der Waals surface area contributed by atoms with Gasteiger partial charge in [-0.15, -0.1) is 0 Å². The van der Waals surface area contributed by atoms with Gasteiger partial charge >= 0.3 is 0 Å². The third-order valence-corrected chi connectivity index (χ3v) is 3.02. The van der Waals surface area contributed by atoms with Gasteiger partial charge in [0.25, 0.3) is 0 Å². The van der Waals surface area contributed by atoms with E-state index in [1.165, 1.54) is 5.56 Å². The van der Waals surface area contributed by atoms with E-state index in [-0.39, 0.29) is 0 Å². The van der Waals surface area contributed by atoms with Crippen LogP contribution in [0.5, 0.6) is 17.2 Å². The van der Waals surface area contributed by atoms with E-state index in [1.807, 2.05) is 43.3 Å². The predicted octanol–water partition coefficient (Wildman–Crippen LogP) is 3.91. The van der Waals surface area contributed by atoms with E-state index < -0.39 is 0 Å². The zero-order chi connectivity index (χ0) is 14.4. The molecule has 0 radical (unpaired) electrons. The molecule has 0 heterocycles. The van der Waals surface area contributed by atoms with Crippen molar-refractivity contribution < 1.29 is 9.47 Å². The number of nitrogens with one attached hydrogen (secondary N) is 1. The third-order valence-electron chi connectivity index (χ3n) is 3.02. The lowest BCUT2D eigenvalue weighted by atomic mass is 10.2. The Morgan fingerprint density at radius 2 is 1.90 bits per heavy atom. The van der Waals surface area contributed by atoms with Crippen molar-refractivity contribution in [3.63, 3.8) is 0 Å². The minimum Gasteiger partial charge on any atom is -0.493 e. The maximum absolute atomic E-state index is 5.92. The highest BCUT2D eigenvalue weighted by Gasteiger charge is 2.06. The summed E-state index contributed by atoms with van der Waals surface area (Å²) in [6.45, 7) is 5.93. The fourth-order valence-electron chi connectivity index (χ4n) is 1.97. The summed E-state index contributed by atoms with van der Waals surface area (Å²) in [5.41, 5.74) is 2.35. The molecule has 0 aliphatic rings. The topological polar surface area (TPSA) is 30.5 Å². The van der Waals surface area contributed by atoms with Gasteiger partial charge in [0.15, 0.2) is 11.5 Å². The molecule has 0 aromatic heterocycles.